The number of aliphatic hydroxyl groups is 1. The molecule has 2 aromatic rings. The molecule has 0 amide bonds. The van der Waals surface area contributed by atoms with Crippen molar-refractivity contribution in [3.05, 3.63) is 65.2 Å². The maximum absolute atomic E-state index is 13.3. The molecular formula is C21H23F3N2O. The van der Waals surface area contributed by atoms with E-state index in [1.807, 2.05) is 18.2 Å². The summed E-state index contributed by atoms with van der Waals surface area (Å²) in [5, 5.41) is 16.0. The maximum atomic E-state index is 13.3. The predicted molar refractivity (Wildman–Crippen MR) is 98.6 cm³/mol. The minimum absolute atomic E-state index is 0.0136. The summed E-state index contributed by atoms with van der Waals surface area (Å²) in [7, 11) is 0. The molecule has 1 aliphatic heterocycles. The normalized spacial score (nSPS) is 27.0. The molecule has 0 saturated heterocycles. The van der Waals surface area contributed by atoms with Gasteiger partial charge in [0.2, 0.25) is 0 Å². The fraction of sp³-hybridized carbons (Fsp3) is 0.429. The molecule has 1 unspecified atom stereocenters. The number of nitrogens with one attached hydrogen (secondary N) is 2. The van der Waals surface area contributed by atoms with Crippen LogP contribution in [0.5, 0.6) is 0 Å². The maximum Gasteiger partial charge on any atom is 0.416 e. The van der Waals surface area contributed by atoms with Gasteiger partial charge in [-0.25, -0.2) is 0 Å². The van der Waals surface area contributed by atoms with Crippen molar-refractivity contribution < 1.29 is 18.3 Å². The van der Waals surface area contributed by atoms with Gasteiger partial charge in [0.1, 0.15) is 0 Å². The highest BCUT2D eigenvalue weighted by atomic mass is 19.4. The van der Waals surface area contributed by atoms with Crippen molar-refractivity contribution in [3.8, 4) is 0 Å². The minimum atomic E-state index is -4.35. The van der Waals surface area contributed by atoms with Gasteiger partial charge in [0.25, 0.3) is 0 Å². The average Bonchev–Trinajstić information content (AvgIpc) is 3.09. The van der Waals surface area contributed by atoms with Crippen molar-refractivity contribution in [3.63, 3.8) is 0 Å². The molecule has 0 aromatic heterocycles. The van der Waals surface area contributed by atoms with Gasteiger partial charge >= 0.3 is 6.18 Å². The molecule has 0 radical (unpaired) electrons. The Balaban J connectivity index is 1.76. The van der Waals surface area contributed by atoms with E-state index in [-0.39, 0.29) is 30.5 Å². The zero-order chi connectivity index (χ0) is 19.0. The number of fused-ring (bicyclic) bond motifs is 3. The van der Waals surface area contributed by atoms with E-state index in [0.717, 1.165) is 35.7 Å². The van der Waals surface area contributed by atoms with Gasteiger partial charge in [-0.3, -0.25) is 0 Å². The Morgan fingerprint density at radius 1 is 1.07 bits per heavy atom. The first-order chi connectivity index (χ1) is 13.0. The molecule has 3 N–H and O–H groups in total. The number of aliphatic hydroxyl groups excluding tert-OH is 1. The molecule has 1 fully saturated rings. The lowest BCUT2D eigenvalue weighted by molar-refractivity contribution is -0.137. The topological polar surface area (TPSA) is 44.3 Å². The van der Waals surface area contributed by atoms with Crippen LogP contribution in [-0.4, -0.2) is 24.3 Å². The van der Waals surface area contributed by atoms with Gasteiger partial charge in [0.05, 0.1) is 18.2 Å². The Bertz CT molecular complexity index is 794. The zero-order valence-electron chi connectivity index (χ0n) is 14.8. The number of rotatable bonds is 4. The minimum Gasteiger partial charge on any atom is -0.395 e. The second-order valence-corrected chi connectivity index (χ2v) is 7.38. The van der Waals surface area contributed by atoms with Crippen LogP contribution in [0.1, 0.15) is 41.5 Å². The molecule has 0 spiro atoms. The Hall–Kier alpha value is -2.05. The molecule has 3 nitrogen and oxygen atoms in total. The van der Waals surface area contributed by atoms with Crippen molar-refractivity contribution in [1.82, 2.24) is 5.32 Å². The summed E-state index contributed by atoms with van der Waals surface area (Å²) in [5.41, 5.74) is 2.05. The van der Waals surface area contributed by atoms with Crippen LogP contribution in [0.15, 0.2) is 48.5 Å². The van der Waals surface area contributed by atoms with Gasteiger partial charge in [-0.05, 0) is 48.1 Å². The third-order valence-electron chi connectivity index (χ3n) is 5.86. The summed E-state index contributed by atoms with van der Waals surface area (Å²) in [6, 6.07) is 14.2. The van der Waals surface area contributed by atoms with Crippen LogP contribution in [0.3, 0.4) is 0 Å². The summed E-state index contributed by atoms with van der Waals surface area (Å²) in [4.78, 5) is 0. The molecule has 2 aromatic carbocycles. The number of anilines is 1. The van der Waals surface area contributed by atoms with Crippen LogP contribution >= 0.6 is 0 Å². The Labute approximate surface area is 156 Å². The van der Waals surface area contributed by atoms with Gasteiger partial charge in [-0.2, -0.15) is 13.2 Å². The van der Waals surface area contributed by atoms with Gasteiger partial charge in [-0.1, -0.05) is 30.3 Å². The number of halogens is 3. The number of alkyl halides is 3. The van der Waals surface area contributed by atoms with Crippen molar-refractivity contribution in [2.24, 2.45) is 5.92 Å². The van der Waals surface area contributed by atoms with E-state index in [1.165, 1.54) is 6.07 Å². The fourth-order valence-electron chi connectivity index (χ4n) is 4.74. The van der Waals surface area contributed by atoms with Crippen molar-refractivity contribution >= 4 is 5.69 Å². The van der Waals surface area contributed by atoms with Crippen LogP contribution in [0.4, 0.5) is 18.9 Å². The summed E-state index contributed by atoms with van der Waals surface area (Å²) in [5.74, 6) is 0.194. The van der Waals surface area contributed by atoms with Crippen LogP contribution in [0, 0.1) is 5.92 Å². The van der Waals surface area contributed by atoms with E-state index in [4.69, 9.17) is 0 Å². The summed E-state index contributed by atoms with van der Waals surface area (Å²) in [6.45, 7) is 0.468. The number of hydrogen-bond acceptors (Lipinski definition) is 3. The fourth-order valence-corrected chi connectivity index (χ4v) is 4.74. The van der Waals surface area contributed by atoms with Gasteiger partial charge in [0, 0.05) is 24.2 Å². The molecule has 4 atom stereocenters. The van der Waals surface area contributed by atoms with E-state index in [1.54, 1.807) is 6.07 Å². The average molecular weight is 376 g/mol. The molecule has 6 heteroatoms. The number of benzene rings is 2. The Morgan fingerprint density at radius 3 is 2.56 bits per heavy atom. The second-order valence-electron chi connectivity index (χ2n) is 7.38. The van der Waals surface area contributed by atoms with Crippen LogP contribution in [0.25, 0.3) is 0 Å². The molecule has 144 valence electrons. The van der Waals surface area contributed by atoms with E-state index >= 15 is 0 Å². The van der Waals surface area contributed by atoms with E-state index in [9.17, 15) is 18.3 Å². The molecule has 1 aliphatic carbocycles. The SMILES string of the molecule is OCCN[C@H]1CC[C@@H]2C1c1cc(C(F)(F)F)ccc1N[C@@H]2c1ccccc1. The molecule has 1 saturated carbocycles. The molecule has 1 heterocycles. The first-order valence-corrected chi connectivity index (χ1v) is 9.36. The monoisotopic (exact) mass is 376 g/mol. The molecule has 2 aliphatic rings. The summed E-state index contributed by atoms with van der Waals surface area (Å²) in [6.07, 6.45) is -2.54. The quantitative estimate of drug-likeness (QED) is 0.745. The molecule has 4 rings (SSSR count). The summed E-state index contributed by atoms with van der Waals surface area (Å²) >= 11 is 0. The lowest BCUT2D eigenvalue weighted by Gasteiger charge is -2.40. The highest BCUT2D eigenvalue weighted by molar-refractivity contribution is 5.60. The van der Waals surface area contributed by atoms with E-state index in [0.29, 0.717) is 6.54 Å². The number of hydrogen-bond donors (Lipinski definition) is 3. The lowest BCUT2D eigenvalue weighted by atomic mass is 9.75. The largest absolute Gasteiger partial charge is 0.416 e. The van der Waals surface area contributed by atoms with Crippen LogP contribution in [0.2, 0.25) is 0 Å². The Morgan fingerprint density at radius 2 is 1.85 bits per heavy atom. The van der Waals surface area contributed by atoms with Crippen LogP contribution in [-0.2, 0) is 6.18 Å². The molecule has 0 bridgehead atoms. The van der Waals surface area contributed by atoms with Gasteiger partial charge in [0.15, 0.2) is 0 Å². The lowest BCUT2D eigenvalue weighted by Crippen LogP contribution is -2.39. The Kier molecular flexibility index (Phi) is 4.86. The van der Waals surface area contributed by atoms with Crippen molar-refractivity contribution in [2.75, 3.05) is 18.5 Å². The zero-order valence-corrected chi connectivity index (χ0v) is 14.8. The van der Waals surface area contributed by atoms with Crippen LogP contribution < -0.4 is 10.6 Å². The summed E-state index contributed by atoms with van der Waals surface area (Å²) < 4.78 is 39.8. The second kappa shape index (κ2) is 7.17. The smallest absolute Gasteiger partial charge is 0.395 e. The standard InChI is InChI=1S/C21H23F3N2O/c22-21(23,24)14-6-8-17-16(12-14)19-15(7-9-18(19)25-10-11-27)20(26-17)13-4-2-1-3-5-13/h1-6,8,12,15,18-20,25-27H,7,9-11H2/t15-,18+,19?,20-/m1/s1. The van der Waals surface area contributed by atoms with Gasteiger partial charge < -0.3 is 15.7 Å². The highest BCUT2D eigenvalue weighted by Crippen LogP contribution is 2.53. The van der Waals surface area contributed by atoms with E-state index < -0.39 is 11.7 Å². The first-order valence-electron chi connectivity index (χ1n) is 9.36. The van der Waals surface area contributed by atoms with E-state index in [2.05, 4.69) is 22.8 Å². The molecule has 27 heavy (non-hydrogen) atoms. The van der Waals surface area contributed by atoms with Gasteiger partial charge in [-0.15, -0.1) is 0 Å². The van der Waals surface area contributed by atoms with Crippen molar-refractivity contribution in [1.29, 1.82) is 0 Å². The first kappa shape index (κ1) is 18.3. The highest BCUT2D eigenvalue weighted by Gasteiger charge is 2.46. The molecular weight excluding hydrogens is 353 g/mol. The third-order valence-corrected chi connectivity index (χ3v) is 5.86. The third kappa shape index (κ3) is 3.44. The van der Waals surface area contributed by atoms with Crippen molar-refractivity contribution in [2.45, 2.75) is 37.0 Å². The predicted octanol–water partition coefficient (Wildman–Crippen LogP) is 4.32.